The molecule has 3 aromatic carbocycles. The molecule has 1 N–H and O–H groups in total. The van der Waals surface area contributed by atoms with Crippen molar-refractivity contribution in [2.45, 2.75) is 25.9 Å². The molecule has 5 nitrogen and oxygen atoms in total. The molecule has 6 heteroatoms. The van der Waals surface area contributed by atoms with E-state index in [1.165, 1.54) is 12.1 Å². The van der Waals surface area contributed by atoms with Gasteiger partial charge in [-0.05, 0) is 60.5 Å². The van der Waals surface area contributed by atoms with E-state index in [1.807, 2.05) is 25.1 Å². The smallest absolute Gasteiger partial charge is 0.255 e. The quantitative estimate of drug-likeness (QED) is 0.591. The van der Waals surface area contributed by atoms with Crippen LogP contribution in [0.3, 0.4) is 0 Å². The molecule has 0 unspecified atom stereocenters. The Morgan fingerprint density at radius 3 is 2.45 bits per heavy atom. The Labute approximate surface area is 180 Å². The molecule has 31 heavy (non-hydrogen) atoms. The Hall–Kier alpha value is -3.67. The lowest BCUT2D eigenvalue weighted by atomic mass is 10.0. The average Bonchev–Trinajstić information content (AvgIpc) is 3.11. The summed E-state index contributed by atoms with van der Waals surface area (Å²) in [5, 5.41) is 2.88. The standard InChI is InChI=1S/C25H23FN2O3/c1-2-31-21-13-11-20(12-14-21)27-24(29)15-23(17-7-9-19(26)10-8-17)28-16-18-5-3-4-6-22(18)25(28)30/h3-14,23H,2,15-16H2,1H3,(H,27,29)/t23-/m0/s1. The summed E-state index contributed by atoms with van der Waals surface area (Å²) in [5.74, 6) is 0.00326. The van der Waals surface area contributed by atoms with Crippen LogP contribution in [-0.4, -0.2) is 23.3 Å². The minimum atomic E-state index is -0.511. The second-order valence-electron chi connectivity index (χ2n) is 7.37. The van der Waals surface area contributed by atoms with Crippen LogP contribution in [0, 0.1) is 5.82 Å². The lowest BCUT2D eigenvalue weighted by Gasteiger charge is -2.28. The van der Waals surface area contributed by atoms with E-state index in [-0.39, 0.29) is 24.1 Å². The van der Waals surface area contributed by atoms with E-state index < -0.39 is 6.04 Å². The SMILES string of the molecule is CCOc1ccc(NC(=O)C[C@@H](c2ccc(F)cc2)N2Cc3ccccc3C2=O)cc1. The van der Waals surface area contributed by atoms with Crippen LogP contribution in [0.15, 0.2) is 72.8 Å². The Morgan fingerprint density at radius 1 is 1.06 bits per heavy atom. The molecule has 4 rings (SSSR count). The number of carbonyl (C=O) groups excluding carboxylic acids is 2. The first-order valence-electron chi connectivity index (χ1n) is 10.2. The van der Waals surface area contributed by atoms with Crippen molar-refractivity contribution in [3.05, 3.63) is 95.3 Å². The molecule has 0 bridgehead atoms. The first-order valence-corrected chi connectivity index (χ1v) is 10.2. The minimum absolute atomic E-state index is 0.0541. The lowest BCUT2D eigenvalue weighted by Crippen LogP contribution is -2.32. The molecular formula is C25H23FN2O3. The van der Waals surface area contributed by atoms with Crippen molar-refractivity contribution in [2.24, 2.45) is 0 Å². The third-order valence-corrected chi connectivity index (χ3v) is 5.31. The summed E-state index contributed by atoms with van der Waals surface area (Å²) in [6.45, 7) is 2.88. The second-order valence-corrected chi connectivity index (χ2v) is 7.37. The normalized spacial score (nSPS) is 13.6. The molecule has 0 spiro atoms. The van der Waals surface area contributed by atoms with E-state index in [0.29, 0.717) is 30.0 Å². The fourth-order valence-corrected chi connectivity index (χ4v) is 3.81. The number of ether oxygens (including phenoxy) is 1. The summed E-state index contributed by atoms with van der Waals surface area (Å²) < 4.78 is 18.9. The van der Waals surface area contributed by atoms with Gasteiger partial charge in [-0.2, -0.15) is 0 Å². The van der Waals surface area contributed by atoms with E-state index in [4.69, 9.17) is 4.74 Å². The maximum absolute atomic E-state index is 13.5. The van der Waals surface area contributed by atoms with Crippen LogP contribution in [0.1, 0.15) is 40.9 Å². The molecule has 1 heterocycles. The Kier molecular flexibility index (Phi) is 5.98. The van der Waals surface area contributed by atoms with Crippen LogP contribution in [0.2, 0.25) is 0 Å². The number of benzene rings is 3. The topological polar surface area (TPSA) is 58.6 Å². The number of carbonyl (C=O) groups is 2. The molecule has 3 aromatic rings. The van der Waals surface area contributed by atoms with Crippen molar-refractivity contribution in [3.8, 4) is 5.75 Å². The third-order valence-electron chi connectivity index (χ3n) is 5.31. The zero-order chi connectivity index (χ0) is 21.8. The monoisotopic (exact) mass is 418 g/mol. The highest BCUT2D eigenvalue weighted by atomic mass is 19.1. The van der Waals surface area contributed by atoms with E-state index in [1.54, 1.807) is 47.4 Å². The maximum atomic E-state index is 13.5. The number of nitrogens with zero attached hydrogens (tertiary/aromatic N) is 1. The van der Waals surface area contributed by atoms with Crippen LogP contribution >= 0.6 is 0 Å². The zero-order valence-electron chi connectivity index (χ0n) is 17.2. The Morgan fingerprint density at radius 2 is 1.77 bits per heavy atom. The van der Waals surface area contributed by atoms with Gasteiger partial charge in [-0.25, -0.2) is 4.39 Å². The van der Waals surface area contributed by atoms with Crippen molar-refractivity contribution in [2.75, 3.05) is 11.9 Å². The molecule has 0 saturated carbocycles. The van der Waals surface area contributed by atoms with E-state index in [0.717, 1.165) is 11.3 Å². The largest absolute Gasteiger partial charge is 0.494 e. The average molecular weight is 418 g/mol. The summed E-state index contributed by atoms with van der Waals surface area (Å²) in [6, 6.07) is 20.0. The predicted octanol–water partition coefficient (Wildman–Crippen LogP) is 4.95. The van der Waals surface area contributed by atoms with Gasteiger partial charge in [0.1, 0.15) is 11.6 Å². The minimum Gasteiger partial charge on any atom is -0.494 e. The van der Waals surface area contributed by atoms with Gasteiger partial charge in [0.15, 0.2) is 0 Å². The molecule has 158 valence electrons. The van der Waals surface area contributed by atoms with Crippen molar-refractivity contribution < 1.29 is 18.7 Å². The van der Waals surface area contributed by atoms with Crippen LogP contribution in [-0.2, 0) is 11.3 Å². The van der Waals surface area contributed by atoms with Crippen LogP contribution < -0.4 is 10.1 Å². The van der Waals surface area contributed by atoms with Gasteiger partial charge in [0.2, 0.25) is 5.91 Å². The number of rotatable bonds is 7. The predicted molar refractivity (Wildman–Crippen MR) is 116 cm³/mol. The molecule has 2 amide bonds. The summed E-state index contributed by atoms with van der Waals surface area (Å²) in [4.78, 5) is 27.6. The highest BCUT2D eigenvalue weighted by molar-refractivity contribution is 5.99. The number of nitrogens with one attached hydrogen (secondary N) is 1. The maximum Gasteiger partial charge on any atom is 0.255 e. The van der Waals surface area contributed by atoms with Crippen molar-refractivity contribution in [1.82, 2.24) is 4.90 Å². The molecule has 0 fully saturated rings. The number of halogens is 1. The molecule has 0 saturated heterocycles. The molecular weight excluding hydrogens is 395 g/mol. The van der Waals surface area contributed by atoms with E-state index in [9.17, 15) is 14.0 Å². The number of fused-ring (bicyclic) bond motifs is 1. The summed E-state index contributed by atoms with van der Waals surface area (Å²) in [5.41, 5.74) is 2.92. The molecule has 1 aliphatic heterocycles. The third kappa shape index (κ3) is 4.58. The van der Waals surface area contributed by atoms with Gasteiger partial charge in [-0.1, -0.05) is 30.3 Å². The van der Waals surface area contributed by atoms with Gasteiger partial charge in [0.05, 0.1) is 19.1 Å². The number of amides is 2. The molecule has 0 aliphatic carbocycles. The highest BCUT2D eigenvalue weighted by Gasteiger charge is 2.34. The first kappa shape index (κ1) is 20.6. The highest BCUT2D eigenvalue weighted by Crippen LogP contribution is 2.34. The summed E-state index contributed by atoms with van der Waals surface area (Å²) >= 11 is 0. The number of hydrogen-bond acceptors (Lipinski definition) is 3. The Bertz CT molecular complexity index is 1080. The van der Waals surface area contributed by atoms with Gasteiger partial charge >= 0.3 is 0 Å². The zero-order valence-corrected chi connectivity index (χ0v) is 17.2. The van der Waals surface area contributed by atoms with Crippen molar-refractivity contribution >= 4 is 17.5 Å². The van der Waals surface area contributed by atoms with Crippen molar-refractivity contribution in [1.29, 1.82) is 0 Å². The molecule has 0 aromatic heterocycles. The van der Waals surface area contributed by atoms with Gasteiger partial charge < -0.3 is 15.0 Å². The van der Waals surface area contributed by atoms with Crippen LogP contribution in [0.25, 0.3) is 0 Å². The summed E-state index contributed by atoms with van der Waals surface area (Å²) in [6.07, 6.45) is 0.0541. The van der Waals surface area contributed by atoms with Gasteiger partial charge in [-0.3, -0.25) is 9.59 Å². The number of hydrogen-bond donors (Lipinski definition) is 1. The first-order chi connectivity index (χ1) is 15.0. The van der Waals surface area contributed by atoms with Crippen LogP contribution in [0.5, 0.6) is 5.75 Å². The second kappa shape index (κ2) is 9.00. The fraction of sp³-hybridized carbons (Fsp3) is 0.200. The van der Waals surface area contributed by atoms with Gasteiger partial charge in [0, 0.05) is 17.8 Å². The van der Waals surface area contributed by atoms with E-state index >= 15 is 0 Å². The van der Waals surface area contributed by atoms with Gasteiger partial charge in [0.25, 0.3) is 5.91 Å². The fourth-order valence-electron chi connectivity index (χ4n) is 3.81. The number of anilines is 1. The molecule has 0 radical (unpaired) electrons. The van der Waals surface area contributed by atoms with E-state index in [2.05, 4.69) is 5.32 Å². The molecule has 1 atom stereocenters. The van der Waals surface area contributed by atoms with Crippen LogP contribution in [0.4, 0.5) is 10.1 Å². The van der Waals surface area contributed by atoms with Gasteiger partial charge in [-0.15, -0.1) is 0 Å². The van der Waals surface area contributed by atoms with Crippen molar-refractivity contribution in [3.63, 3.8) is 0 Å². The summed E-state index contributed by atoms with van der Waals surface area (Å²) in [7, 11) is 0. The Balaban J connectivity index is 1.54. The molecule has 1 aliphatic rings. The lowest BCUT2D eigenvalue weighted by molar-refractivity contribution is -0.117.